The topological polar surface area (TPSA) is 40.0 Å². The Morgan fingerprint density at radius 2 is 2.14 bits per heavy atom. The fourth-order valence-electron chi connectivity index (χ4n) is 0.896. The summed E-state index contributed by atoms with van der Waals surface area (Å²) in [5, 5.41) is 1.48. The zero-order valence-electron chi connectivity index (χ0n) is 7.76. The Morgan fingerprint density at radius 1 is 1.50 bits per heavy atom. The summed E-state index contributed by atoms with van der Waals surface area (Å²) >= 11 is 7.44. The van der Waals surface area contributed by atoms with Gasteiger partial charge in [-0.05, 0) is 24.1 Å². The molecule has 0 aliphatic carbocycles. The summed E-state index contributed by atoms with van der Waals surface area (Å²) in [6.07, 6.45) is 1.93. The molecular formula is C9H12ClIN2S. The van der Waals surface area contributed by atoms with Crippen molar-refractivity contribution in [1.29, 1.82) is 0 Å². The Kier molecular flexibility index (Phi) is 7.40. The minimum atomic E-state index is 0. The molecule has 0 saturated heterocycles. The second kappa shape index (κ2) is 7.36. The van der Waals surface area contributed by atoms with Gasteiger partial charge in [0.25, 0.3) is 0 Å². The van der Waals surface area contributed by atoms with E-state index in [1.54, 1.807) is 0 Å². The Hall–Kier alpha value is 0.0600. The molecule has 2 nitrogen and oxygen atoms in total. The van der Waals surface area contributed by atoms with Crippen molar-refractivity contribution in [2.24, 2.45) is 5.73 Å². The SMILES string of the molecule is CSC(N)=[NH+]Cc1ccccc1Cl.[I-]. The van der Waals surface area contributed by atoms with Crippen LogP contribution in [0.2, 0.25) is 5.02 Å². The van der Waals surface area contributed by atoms with Gasteiger partial charge in [-0.2, -0.15) is 0 Å². The first-order chi connectivity index (χ1) is 6.24. The monoisotopic (exact) mass is 342 g/mol. The van der Waals surface area contributed by atoms with Gasteiger partial charge >= 0.3 is 5.17 Å². The van der Waals surface area contributed by atoms with Gasteiger partial charge in [-0.25, -0.2) is 0 Å². The van der Waals surface area contributed by atoms with Crippen molar-refractivity contribution in [1.82, 2.24) is 0 Å². The van der Waals surface area contributed by atoms with Gasteiger partial charge < -0.3 is 24.0 Å². The van der Waals surface area contributed by atoms with E-state index in [4.69, 9.17) is 17.3 Å². The molecule has 14 heavy (non-hydrogen) atoms. The van der Waals surface area contributed by atoms with Crippen molar-refractivity contribution in [3.8, 4) is 0 Å². The van der Waals surface area contributed by atoms with Crippen molar-refractivity contribution >= 4 is 28.5 Å². The Labute approximate surface area is 110 Å². The highest BCUT2D eigenvalue weighted by Gasteiger charge is 1.99. The van der Waals surface area contributed by atoms with E-state index in [9.17, 15) is 0 Å². The molecule has 0 fully saturated rings. The summed E-state index contributed by atoms with van der Waals surface area (Å²) in [7, 11) is 0. The lowest BCUT2D eigenvalue weighted by Crippen LogP contribution is -3.00. The molecule has 0 saturated carbocycles. The number of nitrogens with two attached hydrogens (primary N) is 1. The van der Waals surface area contributed by atoms with Crippen LogP contribution >= 0.6 is 23.4 Å². The van der Waals surface area contributed by atoms with Crippen LogP contribution in [-0.2, 0) is 6.54 Å². The third-order valence-corrected chi connectivity index (χ3v) is 2.58. The summed E-state index contributed by atoms with van der Waals surface area (Å²) in [6.45, 7) is 0.673. The van der Waals surface area contributed by atoms with E-state index in [1.807, 2.05) is 30.5 Å². The van der Waals surface area contributed by atoms with Gasteiger partial charge in [0, 0.05) is 10.6 Å². The van der Waals surface area contributed by atoms with Crippen LogP contribution in [0.3, 0.4) is 0 Å². The Morgan fingerprint density at radius 3 is 2.71 bits per heavy atom. The lowest BCUT2D eigenvalue weighted by atomic mass is 10.2. The maximum Gasteiger partial charge on any atom is 0.301 e. The fraction of sp³-hybridized carbons (Fsp3) is 0.222. The van der Waals surface area contributed by atoms with Crippen molar-refractivity contribution in [3.05, 3.63) is 34.9 Å². The van der Waals surface area contributed by atoms with E-state index >= 15 is 0 Å². The van der Waals surface area contributed by atoms with Crippen LogP contribution in [0.4, 0.5) is 0 Å². The molecule has 0 aliphatic heterocycles. The number of rotatable bonds is 2. The quantitative estimate of drug-likeness (QED) is 0.357. The van der Waals surface area contributed by atoms with Crippen LogP contribution in [0.1, 0.15) is 5.56 Å². The summed E-state index contributed by atoms with van der Waals surface area (Å²) in [5.74, 6) is 0. The van der Waals surface area contributed by atoms with E-state index in [-0.39, 0.29) is 24.0 Å². The van der Waals surface area contributed by atoms with Gasteiger partial charge in [-0.15, -0.1) is 0 Å². The average molecular weight is 343 g/mol. The molecule has 0 heterocycles. The van der Waals surface area contributed by atoms with Crippen LogP contribution in [0.25, 0.3) is 0 Å². The molecule has 1 aromatic rings. The predicted molar refractivity (Wildman–Crippen MR) is 58.8 cm³/mol. The van der Waals surface area contributed by atoms with Crippen molar-refractivity contribution in [2.45, 2.75) is 6.54 Å². The van der Waals surface area contributed by atoms with E-state index in [2.05, 4.69) is 4.99 Å². The Balaban J connectivity index is 0.00000169. The fourth-order valence-corrected chi connectivity index (χ4v) is 1.32. The van der Waals surface area contributed by atoms with Crippen LogP contribution in [0.5, 0.6) is 0 Å². The number of hydrogen-bond acceptors (Lipinski definition) is 1. The van der Waals surface area contributed by atoms with Crippen LogP contribution in [0.15, 0.2) is 24.3 Å². The van der Waals surface area contributed by atoms with Crippen LogP contribution < -0.4 is 34.7 Å². The number of hydrogen-bond donors (Lipinski definition) is 2. The maximum atomic E-state index is 5.95. The highest BCUT2D eigenvalue weighted by atomic mass is 127. The van der Waals surface area contributed by atoms with Crippen molar-refractivity contribution < 1.29 is 29.0 Å². The third kappa shape index (κ3) is 4.52. The van der Waals surface area contributed by atoms with Gasteiger partial charge in [0.05, 0.1) is 0 Å². The standard InChI is InChI=1S/C9H11ClN2S.HI/c1-13-9(11)12-6-7-4-2-3-5-8(7)10;/h2-5H,6H2,1H3,(H2,11,12);1H. The van der Waals surface area contributed by atoms with Gasteiger partial charge in [0.2, 0.25) is 0 Å². The molecule has 1 rings (SSSR count). The number of nitrogens with one attached hydrogen (secondary N) is 1. The zero-order chi connectivity index (χ0) is 9.68. The molecule has 0 amide bonds. The molecule has 1 aromatic carbocycles. The van der Waals surface area contributed by atoms with Crippen LogP contribution in [0, 0.1) is 0 Å². The first-order valence-corrected chi connectivity index (χ1v) is 5.48. The molecule has 0 bridgehead atoms. The molecule has 0 unspecified atom stereocenters. The summed E-state index contributed by atoms with van der Waals surface area (Å²) in [4.78, 5) is 3.06. The zero-order valence-corrected chi connectivity index (χ0v) is 11.5. The maximum absolute atomic E-state index is 5.95. The first kappa shape index (κ1) is 14.1. The normalized spacial score (nSPS) is 10.9. The second-order valence-electron chi connectivity index (χ2n) is 2.51. The van der Waals surface area contributed by atoms with Crippen molar-refractivity contribution in [2.75, 3.05) is 6.26 Å². The van der Waals surface area contributed by atoms with E-state index in [0.29, 0.717) is 11.7 Å². The smallest absolute Gasteiger partial charge is 0.301 e. The molecule has 78 valence electrons. The minimum absolute atomic E-state index is 0. The lowest BCUT2D eigenvalue weighted by molar-refractivity contribution is -0.473. The average Bonchev–Trinajstić information content (AvgIpc) is 2.16. The molecule has 0 spiro atoms. The minimum Gasteiger partial charge on any atom is -1.00 e. The van der Waals surface area contributed by atoms with Gasteiger partial charge in [-0.3, -0.25) is 10.7 Å². The molecule has 0 aliphatic rings. The van der Waals surface area contributed by atoms with E-state index in [1.165, 1.54) is 11.8 Å². The molecule has 0 radical (unpaired) electrons. The van der Waals surface area contributed by atoms with E-state index in [0.717, 1.165) is 10.6 Å². The summed E-state index contributed by atoms with van der Waals surface area (Å²) < 4.78 is 0. The molecule has 3 N–H and O–H groups in total. The predicted octanol–water partition coefficient (Wildman–Crippen LogP) is -2.40. The molecule has 0 aromatic heterocycles. The number of halogens is 2. The van der Waals surface area contributed by atoms with Gasteiger partial charge in [0.15, 0.2) is 0 Å². The third-order valence-electron chi connectivity index (χ3n) is 1.63. The van der Waals surface area contributed by atoms with Crippen molar-refractivity contribution in [3.63, 3.8) is 0 Å². The highest BCUT2D eigenvalue weighted by Crippen LogP contribution is 2.12. The Bertz CT molecular complexity index is 317. The molecule has 5 heteroatoms. The largest absolute Gasteiger partial charge is 1.00 e. The lowest BCUT2D eigenvalue weighted by Gasteiger charge is -1.97. The second-order valence-corrected chi connectivity index (χ2v) is 3.77. The summed E-state index contributed by atoms with van der Waals surface area (Å²) in [6, 6.07) is 7.71. The van der Waals surface area contributed by atoms with Crippen LogP contribution in [-0.4, -0.2) is 11.4 Å². The van der Waals surface area contributed by atoms with E-state index < -0.39 is 0 Å². The summed E-state index contributed by atoms with van der Waals surface area (Å²) in [5.41, 5.74) is 6.65. The molecular weight excluding hydrogens is 331 g/mol. The first-order valence-electron chi connectivity index (χ1n) is 3.87. The highest BCUT2D eigenvalue weighted by molar-refractivity contribution is 8.12. The number of amidine groups is 1. The number of thioether (sulfide) groups is 1. The number of benzene rings is 1. The molecule has 0 atom stereocenters. The van der Waals surface area contributed by atoms with Gasteiger partial charge in [-0.1, -0.05) is 29.8 Å². The van der Waals surface area contributed by atoms with Gasteiger partial charge in [0.1, 0.15) is 6.54 Å².